The molecule has 15 heavy (non-hydrogen) atoms. The first kappa shape index (κ1) is 12.2. The molecule has 1 nitrogen and oxygen atoms in total. The molecule has 1 unspecified atom stereocenters. The topological polar surface area (TPSA) is 20.2 Å². The molecule has 0 aliphatic heterocycles. The van der Waals surface area contributed by atoms with E-state index in [9.17, 15) is 9.50 Å². The number of aryl methyl sites for hydroxylation is 1. The highest BCUT2D eigenvalue weighted by molar-refractivity contribution is 5.32. The normalized spacial score (nSPS) is 15.4. The first-order valence-corrected chi connectivity index (χ1v) is 5.40. The highest BCUT2D eigenvalue weighted by atomic mass is 19.1. The molecule has 2 heteroatoms. The van der Waals surface area contributed by atoms with Crippen molar-refractivity contribution in [1.82, 2.24) is 0 Å². The van der Waals surface area contributed by atoms with Crippen LogP contribution in [0.2, 0.25) is 0 Å². The van der Waals surface area contributed by atoms with E-state index in [2.05, 4.69) is 0 Å². The molecule has 0 heterocycles. The second-order valence-corrected chi connectivity index (χ2v) is 4.39. The lowest BCUT2D eigenvalue weighted by Gasteiger charge is -2.33. The van der Waals surface area contributed by atoms with Crippen molar-refractivity contribution in [3.63, 3.8) is 0 Å². The van der Waals surface area contributed by atoms with Crippen LogP contribution in [0.1, 0.15) is 38.3 Å². The van der Waals surface area contributed by atoms with Gasteiger partial charge < -0.3 is 5.11 Å². The fraction of sp³-hybridized carbons (Fsp3) is 0.538. The third-order valence-corrected chi connectivity index (χ3v) is 3.16. The fourth-order valence-corrected chi connectivity index (χ4v) is 1.97. The van der Waals surface area contributed by atoms with Crippen molar-refractivity contribution in [2.45, 2.75) is 39.7 Å². The molecule has 0 fully saturated rings. The van der Waals surface area contributed by atoms with E-state index in [4.69, 9.17) is 0 Å². The van der Waals surface area contributed by atoms with E-state index in [1.807, 2.05) is 27.7 Å². The van der Waals surface area contributed by atoms with E-state index < -0.39 is 5.60 Å². The van der Waals surface area contributed by atoms with Crippen molar-refractivity contribution in [3.8, 4) is 0 Å². The fourth-order valence-electron chi connectivity index (χ4n) is 1.97. The Bertz CT molecular complexity index is 346. The van der Waals surface area contributed by atoms with Gasteiger partial charge in [0.05, 0.1) is 5.60 Å². The maximum Gasteiger partial charge on any atom is 0.123 e. The zero-order chi connectivity index (χ0) is 11.6. The molecular formula is C13H19FO. The minimum Gasteiger partial charge on any atom is -0.385 e. The molecule has 0 bridgehead atoms. The minimum absolute atomic E-state index is 0.0722. The van der Waals surface area contributed by atoms with Crippen LogP contribution in [0.5, 0.6) is 0 Å². The average Bonchev–Trinajstić information content (AvgIpc) is 2.20. The molecule has 1 rings (SSSR count). The summed E-state index contributed by atoms with van der Waals surface area (Å²) in [7, 11) is 0. The van der Waals surface area contributed by atoms with Crippen molar-refractivity contribution in [2.75, 3.05) is 0 Å². The van der Waals surface area contributed by atoms with Crippen LogP contribution in [0, 0.1) is 18.7 Å². The summed E-state index contributed by atoms with van der Waals surface area (Å²) in [6.45, 7) is 7.73. The molecule has 84 valence electrons. The number of halogens is 1. The number of benzene rings is 1. The molecule has 0 aliphatic rings. The molecule has 0 aromatic heterocycles. The molecule has 0 spiro atoms. The molecule has 1 aromatic rings. The third kappa shape index (κ3) is 2.20. The number of hydrogen-bond acceptors (Lipinski definition) is 1. The van der Waals surface area contributed by atoms with Gasteiger partial charge in [-0.1, -0.05) is 26.8 Å². The summed E-state index contributed by atoms with van der Waals surface area (Å²) in [5, 5.41) is 10.5. The predicted molar refractivity (Wildman–Crippen MR) is 60.2 cm³/mol. The maximum atomic E-state index is 13.2. The van der Waals surface area contributed by atoms with Gasteiger partial charge in [0.2, 0.25) is 0 Å². The van der Waals surface area contributed by atoms with E-state index >= 15 is 0 Å². The Morgan fingerprint density at radius 1 is 1.40 bits per heavy atom. The van der Waals surface area contributed by atoms with E-state index in [-0.39, 0.29) is 11.7 Å². The van der Waals surface area contributed by atoms with Gasteiger partial charge in [-0.2, -0.15) is 0 Å². The monoisotopic (exact) mass is 210 g/mol. The lowest BCUT2D eigenvalue weighted by Crippen LogP contribution is -2.32. The van der Waals surface area contributed by atoms with Crippen LogP contribution in [0.3, 0.4) is 0 Å². The first-order chi connectivity index (χ1) is 6.91. The van der Waals surface area contributed by atoms with E-state index in [1.54, 1.807) is 6.07 Å². The SMILES string of the molecule is CCC(O)(c1cc(F)ccc1C)C(C)C. The van der Waals surface area contributed by atoms with Crippen molar-refractivity contribution in [3.05, 3.63) is 35.1 Å². The highest BCUT2D eigenvalue weighted by Crippen LogP contribution is 2.34. The quantitative estimate of drug-likeness (QED) is 0.810. The molecule has 0 radical (unpaired) electrons. The lowest BCUT2D eigenvalue weighted by atomic mass is 9.79. The lowest BCUT2D eigenvalue weighted by molar-refractivity contribution is -0.0148. The van der Waals surface area contributed by atoms with Gasteiger partial charge in [-0.3, -0.25) is 0 Å². The second-order valence-electron chi connectivity index (χ2n) is 4.39. The summed E-state index contributed by atoms with van der Waals surface area (Å²) < 4.78 is 13.2. The van der Waals surface area contributed by atoms with Gasteiger partial charge in [0.15, 0.2) is 0 Å². The van der Waals surface area contributed by atoms with Crippen LogP contribution in [-0.4, -0.2) is 5.11 Å². The Kier molecular flexibility index (Phi) is 3.50. The van der Waals surface area contributed by atoms with Crippen LogP contribution in [0.15, 0.2) is 18.2 Å². The standard InChI is InChI=1S/C13H19FO/c1-5-13(15,9(2)3)12-8-11(14)7-6-10(12)4/h6-9,15H,5H2,1-4H3. The molecule has 0 amide bonds. The van der Waals surface area contributed by atoms with Crippen molar-refractivity contribution >= 4 is 0 Å². The van der Waals surface area contributed by atoms with Crippen LogP contribution >= 0.6 is 0 Å². The minimum atomic E-state index is -0.924. The van der Waals surface area contributed by atoms with E-state index in [0.717, 1.165) is 5.56 Å². The Labute approximate surface area is 90.9 Å². The van der Waals surface area contributed by atoms with Crippen LogP contribution in [0.4, 0.5) is 4.39 Å². The second kappa shape index (κ2) is 4.31. The van der Waals surface area contributed by atoms with Crippen LogP contribution < -0.4 is 0 Å². The zero-order valence-corrected chi connectivity index (χ0v) is 9.84. The summed E-state index contributed by atoms with van der Waals surface area (Å²) in [4.78, 5) is 0. The third-order valence-electron chi connectivity index (χ3n) is 3.16. The summed E-state index contributed by atoms with van der Waals surface area (Å²) in [6, 6.07) is 4.59. The van der Waals surface area contributed by atoms with Gasteiger partial charge in [0.25, 0.3) is 0 Å². The smallest absolute Gasteiger partial charge is 0.123 e. The van der Waals surface area contributed by atoms with Gasteiger partial charge in [-0.25, -0.2) is 4.39 Å². The van der Waals surface area contributed by atoms with Gasteiger partial charge in [-0.15, -0.1) is 0 Å². The first-order valence-electron chi connectivity index (χ1n) is 5.40. The molecule has 1 atom stereocenters. The Hall–Kier alpha value is -0.890. The zero-order valence-electron chi connectivity index (χ0n) is 9.84. The summed E-state index contributed by atoms with van der Waals surface area (Å²) in [6.07, 6.45) is 0.592. The number of hydrogen-bond donors (Lipinski definition) is 1. The molecule has 0 saturated heterocycles. The van der Waals surface area contributed by atoms with Gasteiger partial charge >= 0.3 is 0 Å². The van der Waals surface area contributed by atoms with E-state index in [1.165, 1.54) is 12.1 Å². The van der Waals surface area contributed by atoms with Crippen molar-refractivity contribution in [1.29, 1.82) is 0 Å². The summed E-state index contributed by atoms with van der Waals surface area (Å²) in [5.41, 5.74) is 0.723. The Balaban J connectivity index is 3.29. The van der Waals surface area contributed by atoms with E-state index in [0.29, 0.717) is 12.0 Å². The molecule has 0 saturated carbocycles. The largest absolute Gasteiger partial charge is 0.385 e. The highest BCUT2D eigenvalue weighted by Gasteiger charge is 2.32. The van der Waals surface area contributed by atoms with Gasteiger partial charge in [0, 0.05) is 0 Å². The number of aliphatic hydroxyl groups is 1. The van der Waals surface area contributed by atoms with Gasteiger partial charge in [-0.05, 0) is 42.5 Å². The number of rotatable bonds is 3. The predicted octanol–water partition coefficient (Wildman–Crippen LogP) is 3.39. The van der Waals surface area contributed by atoms with Crippen molar-refractivity contribution < 1.29 is 9.50 Å². The molecular weight excluding hydrogens is 191 g/mol. The van der Waals surface area contributed by atoms with Crippen LogP contribution in [-0.2, 0) is 5.60 Å². The Morgan fingerprint density at radius 3 is 2.47 bits per heavy atom. The van der Waals surface area contributed by atoms with Crippen LogP contribution in [0.25, 0.3) is 0 Å². The molecule has 1 aromatic carbocycles. The maximum absolute atomic E-state index is 13.2. The van der Waals surface area contributed by atoms with Gasteiger partial charge in [0.1, 0.15) is 5.82 Å². The summed E-state index contributed by atoms with van der Waals surface area (Å²) >= 11 is 0. The Morgan fingerprint density at radius 2 is 2.00 bits per heavy atom. The van der Waals surface area contributed by atoms with Crippen molar-refractivity contribution in [2.24, 2.45) is 5.92 Å². The molecule has 1 N–H and O–H groups in total. The molecule has 0 aliphatic carbocycles. The average molecular weight is 210 g/mol. The summed E-state index contributed by atoms with van der Waals surface area (Å²) in [5.74, 6) is -0.217.